The van der Waals surface area contributed by atoms with E-state index in [-0.39, 0.29) is 10.7 Å². The average molecular weight is 294 g/mol. The zero-order valence-electron chi connectivity index (χ0n) is 11.0. The largest absolute Gasteiger partial charge is 0.387 e. The summed E-state index contributed by atoms with van der Waals surface area (Å²) in [6.07, 6.45) is 1.45. The monoisotopic (exact) mass is 293 g/mol. The fraction of sp³-hybridized carbons (Fsp3) is 0.143. The molecule has 6 heteroatoms. The summed E-state index contributed by atoms with van der Waals surface area (Å²) in [4.78, 5) is 16.2. The van der Waals surface area contributed by atoms with Gasteiger partial charge in [0.15, 0.2) is 0 Å². The highest BCUT2D eigenvalue weighted by Crippen LogP contribution is 2.21. The Morgan fingerprint density at radius 2 is 2.05 bits per heavy atom. The number of pyridine rings is 1. The van der Waals surface area contributed by atoms with Gasteiger partial charge >= 0.3 is 0 Å². The maximum Gasteiger partial charge on any atom is 0.259 e. The van der Waals surface area contributed by atoms with Crippen molar-refractivity contribution in [2.45, 2.75) is 6.92 Å². The van der Waals surface area contributed by atoms with Gasteiger partial charge in [-0.2, -0.15) is 0 Å². The van der Waals surface area contributed by atoms with Crippen molar-refractivity contribution in [1.29, 1.82) is 0 Å². The van der Waals surface area contributed by atoms with E-state index in [1.165, 1.54) is 18.3 Å². The summed E-state index contributed by atoms with van der Waals surface area (Å²) in [5, 5.41) is 5.68. The highest BCUT2D eigenvalue weighted by molar-refractivity contribution is 6.30. The van der Waals surface area contributed by atoms with Gasteiger partial charge in [0.05, 0.1) is 16.9 Å². The molecule has 0 fully saturated rings. The molecule has 0 radical (unpaired) electrons. The van der Waals surface area contributed by atoms with Gasteiger partial charge in [-0.05, 0) is 31.2 Å². The van der Waals surface area contributed by atoms with Crippen LogP contribution in [-0.4, -0.2) is 17.9 Å². The first-order valence-corrected chi connectivity index (χ1v) is 6.30. The number of halogens is 2. The molecule has 0 unspecified atom stereocenters. The predicted octanol–water partition coefficient (Wildman–Crippen LogP) is 3.48. The minimum atomic E-state index is -0.586. The van der Waals surface area contributed by atoms with Crippen LogP contribution < -0.4 is 10.6 Å². The van der Waals surface area contributed by atoms with Gasteiger partial charge in [-0.15, -0.1) is 0 Å². The zero-order chi connectivity index (χ0) is 14.7. The number of benzene rings is 1. The van der Waals surface area contributed by atoms with Crippen molar-refractivity contribution in [2.75, 3.05) is 17.7 Å². The lowest BCUT2D eigenvalue weighted by atomic mass is 10.2. The molecule has 0 saturated heterocycles. The molecule has 0 spiro atoms. The van der Waals surface area contributed by atoms with Crippen LogP contribution in [0, 0.1) is 12.7 Å². The van der Waals surface area contributed by atoms with Gasteiger partial charge in [-0.3, -0.25) is 9.78 Å². The number of nitrogens with zero attached hydrogens (tertiary/aromatic N) is 1. The van der Waals surface area contributed by atoms with E-state index in [0.29, 0.717) is 11.3 Å². The Bertz CT molecular complexity index is 661. The van der Waals surface area contributed by atoms with Crippen molar-refractivity contribution in [1.82, 2.24) is 4.98 Å². The lowest BCUT2D eigenvalue weighted by molar-refractivity contribution is 0.102. The second kappa shape index (κ2) is 5.88. The van der Waals surface area contributed by atoms with E-state index in [1.807, 2.05) is 6.92 Å². The number of nitrogens with one attached hydrogen (secondary N) is 2. The first-order valence-electron chi connectivity index (χ1n) is 5.92. The van der Waals surface area contributed by atoms with E-state index in [9.17, 15) is 9.18 Å². The molecule has 104 valence electrons. The molecule has 1 aromatic heterocycles. The highest BCUT2D eigenvalue weighted by atomic mass is 35.5. The second-order valence-corrected chi connectivity index (χ2v) is 4.64. The summed E-state index contributed by atoms with van der Waals surface area (Å²) in [5.41, 5.74) is 1.82. The third-order valence-corrected chi connectivity index (χ3v) is 2.97. The molecule has 0 aliphatic heterocycles. The molecule has 20 heavy (non-hydrogen) atoms. The molecule has 0 atom stereocenters. The van der Waals surface area contributed by atoms with Crippen LogP contribution in [0.25, 0.3) is 0 Å². The maximum atomic E-state index is 13.6. The van der Waals surface area contributed by atoms with Crippen LogP contribution in [0.15, 0.2) is 30.5 Å². The fourth-order valence-corrected chi connectivity index (χ4v) is 1.89. The first-order chi connectivity index (χ1) is 9.51. The number of rotatable bonds is 3. The van der Waals surface area contributed by atoms with Crippen LogP contribution in [-0.2, 0) is 0 Å². The summed E-state index contributed by atoms with van der Waals surface area (Å²) >= 11 is 5.66. The molecule has 1 amide bonds. The van der Waals surface area contributed by atoms with Gasteiger partial charge < -0.3 is 10.6 Å². The Labute approximate surface area is 121 Å². The van der Waals surface area contributed by atoms with E-state index in [4.69, 9.17) is 11.6 Å². The number of aryl methyl sites for hydroxylation is 1. The van der Waals surface area contributed by atoms with E-state index in [0.717, 1.165) is 11.8 Å². The van der Waals surface area contributed by atoms with Crippen LogP contribution in [0.3, 0.4) is 0 Å². The minimum Gasteiger partial charge on any atom is -0.387 e. The lowest BCUT2D eigenvalue weighted by Crippen LogP contribution is -2.15. The van der Waals surface area contributed by atoms with E-state index >= 15 is 0 Å². The van der Waals surface area contributed by atoms with Crippen molar-refractivity contribution >= 4 is 28.9 Å². The summed E-state index contributed by atoms with van der Waals surface area (Å²) in [6, 6.07) is 5.81. The fourth-order valence-electron chi connectivity index (χ4n) is 1.73. The van der Waals surface area contributed by atoms with Crippen molar-refractivity contribution < 1.29 is 9.18 Å². The standard InChI is InChI=1S/C14H13ClFN3O/c1-8-5-13(17-2)10(7-18-8)14(20)19-12-4-3-9(15)6-11(12)16/h3-7H,1-2H3,(H,17,18)(H,19,20). The Hall–Kier alpha value is -2.14. The number of amides is 1. The molecule has 0 bridgehead atoms. The van der Waals surface area contributed by atoms with Gasteiger partial charge in [0.2, 0.25) is 0 Å². The van der Waals surface area contributed by atoms with Crippen LogP contribution in [0.5, 0.6) is 0 Å². The molecule has 4 nitrogen and oxygen atoms in total. The molecule has 2 N–H and O–H groups in total. The Morgan fingerprint density at radius 1 is 1.30 bits per heavy atom. The predicted molar refractivity (Wildman–Crippen MR) is 77.9 cm³/mol. The van der Waals surface area contributed by atoms with Gasteiger partial charge in [-0.1, -0.05) is 11.6 Å². The Morgan fingerprint density at radius 3 is 2.70 bits per heavy atom. The minimum absolute atomic E-state index is 0.0713. The Balaban J connectivity index is 2.28. The average Bonchev–Trinajstić information content (AvgIpc) is 2.41. The molecule has 0 aliphatic carbocycles. The number of anilines is 2. The molecule has 0 aliphatic rings. The maximum absolute atomic E-state index is 13.6. The van der Waals surface area contributed by atoms with Crippen molar-refractivity contribution in [2.24, 2.45) is 0 Å². The van der Waals surface area contributed by atoms with Crippen LogP contribution in [0.1, 0.15) is 16.1 Å². The summed E-state index contributed by atoms with van der Waals surface area (Å²) in [6.45, 7) is 1.82. The summed E-state index contributed by atoms with van der Waals surface area (Å²) in [5.74, 6) is -1.03. The third kappa shape index (κ3) is 3.05. The number of hydrogen-bond acceptors (Lipinski definition) is 3. The van der Waals surface area contributed by atoms with Crippen molar-refractivity contribution in [3.63, 3.8) is 0 Å². The molecule has 1 aromatic carbocycles. The molecular formula is C14H13ClFN3O. The molecular weight excluding hydrogens is 281 g/mol. The number of carbonyl (C=O) groups is 1. The van der Waals surface area contributed by atoms with E-state index in [1.54, 1.807) is 13.1 Å². The summed E-state index contributed by atoms with van der Waals surface area (Å²) < 4.78 is 13.6. The smallest absolute Gasteiger partial charge is 0.259 e. The first kappa shape index (κ1) is 14.3. The number of carbonyl (C=O) groups excluding carboxylic acids is 1. The van der Waals surface area contributed by atoms with Crippen LogP contribution in [0.4, 0.5) is 15.8 Å². The quantitative estimate of drug-likeness (QED) is 0.911. The zero-order valence-corrected chi connectivity index (χ0v) is 11.8. The number of aromatic nitrogens is 1. The Kier molecular flexibility index (Phi) is 4.20. The second-order valence-electron chi connectivity index (χ2n) is 4.20. The van der Waals surface area contributed by atoms with Crippen LogP contribution >= 0.6 is 11.6 Å². The van der Waals surface area contributed by atoms with E-state index < -0.39 is 11.7 Å². The van der Waals surface area contributed by atoms with Crippen molar-refractivity contribution in [3.8, 4) is 0 Å². The van der Waals surface area contributed by atoms with Gasteiger partial charge in [0.25, 0.3) is 5.91 Å². The van der Waals surface area contributed by atoms with Gasteiger partial charge in [-0.25, -0.2) is 4.39 Å². The summed E-state index contributed by atoms with van der Waals surface area (Å²) in [7, 11) is 1.70. The highest BCUT2D eigenvalue weighted by Gasteiger charge is 2.14. The van der Waals surface area contributed by atoms with Gasteiger partial charge in [0, 0.05) is 24.0 Å². The number of hydrogen-bond donors (Lipinski definition) is 2. The SMILES string of the molecule is CNc1cc(C)ncc1C(=O)Nc1ccc(Cl)cc1F. The molecule has 2 aromatic rings. The lowest BCUT2D eigenvalue weighted by Gasteiger charge is -2.10. The topological polar surface area (TPSA) is 54.0 Å². The normalized spacial score (nSPS) is 10.2. The van der Waals surface area contributed by atoms with Gasteiger partial charge in [0.1, 0.15) is 5.82 Å². The third-order valence-electron chi connectivity index (χ3n) is 2.73. The molecule has 0 saturated carbocycles. The van der Waals surface area contributed by atoms with Crippen molar-refractivity contribution in [3.05, 3.63) is 52.6 Å². The van der Waals surface area contributed by atoms with E-state index in [2.05, 4.69) is 15.6 Å². The molecule has 2 rings (SSSR count). The molecule has 1 heterocycles. The van der Waals surface area contributed by atoms with Crippen LogP contribution in [0.2, 0.25) is 5.02 Å².